The van der Waals surface area contributed by atoms with Gasteiger partial charge < -0.3 is 4.90 Å². The molecule has 2 aromatic rings. The van der Waals surface area contributed by atoms with Crippen molar-refractivity contribution in [2.24, 2.45) is 0 Å². The summed E-state index contributed by atoms with van der Waals surface area (Å²) in [6.07, 6.45) is 0.971. The van der Waals surface area contributed by atoms with Crippen molar-refractivity contribution in [3.63, 3.8) is 0 Å². The predicted molar refractivity (Wildman–Crippen MR) is 82.7 cm³/mol. The Balaban J connectivity index is 2.24. The molecule has 0 bridgehead atoms. The van der Waals surface area contributed by atoms with Gasteiger partial charge in [0.25, 0.3) is 5.24 Å². The van der Waals surface area contributed by atoms with Crippen molar-refractivity contribution in [3.05, 3.63) is 42.5 Å². The summed E-state index contributed by atoms with van der Waals surface area (Å²) in [4.78, 5) is 15.1. The van der Waals surface area contributed by atoms with E-state index in [4.69, 9.17) is 0 Å². The third kappa shape index (κ3) is 3.10. The lowest BCUT2D eigenvalue weighted by atomic mass is 10.1. The van der Waals surface area contributed by atoms with Crippen LogP contribution in [0.4, 0.5) is 4.79 Å². The monoisotopic (exact) mass is 273 g/mol. The van der Waals surface area contributed by atoms with E-state index < -0.39 is 0 Å². The zero-order chi connectivity index (χ0) is 13.8. The Bertz CT molecular complexity index is 576. The molecule has 1 amide bonds. The summed E-state index contributed by atoms with van der Waals surface area (Å²) in [7, 11) is 1.87. The Kier molecular flexibility index (Phi) is 4.48. The van der Waals surface area contributed by atoms with Gasteiger partial charge in [-0.15, -0.1) is 0 Å². The number of nitrogens with zero attached hydrogens (tertiary/aromatic N) is 1. The fourth-order valence-corrected chi connectivity index (χ4v) is 2.86. The van der Waals surface area contributed by atoms with E-state index in [0.717, 1.165) is 16.7 Å². The second-order valence-corrected chi connectivity index (χ2v) is 5.71. The molecule has 100 valence electrons. The van der Waals surface area contributed by atoms with E-state index >= 15 is 0 Å². The molecule has 1 atom stereocenters. The maximum Gasteiger partial charge on any atom is 0.286 e. The van der Waals surface area contributed by atoms with Gasteiger partial charge in [0.1, 0.15) is 0 Å². The molecular weight excluding hydrogens is 254 g/mol. The Morgan fingerprint density at radius 3 is 2.63 bits per heavy atom. The van der Waals surface area contributed by atoms with Gasteiger partial charge in [-0.05, 0) is 41.9 Å². The van der Waals surface area contributed by atoms with Crippen LogP contribution >= 0.6 is 11.8 Å². The van der Waals surface area contributed by atoms with Gasteiger partial charge in [0, 0.05) is 18.0 Å². The molecule has 0 saturated heterocycles. The molecule has 2 aromatic carbocycles. The van der Waals surface area contributed by atoms with Crippen LogP contribution in [-0.2, 0) is 0 Å². The zero-order valence-corrected chi connectivity index (χ0v) is 12.4. The number of carbonyl (C=O) groups is 1. The van der Waals surface area contributed by atoms with E-state index in [1.165, 1.54) is 17.1 Å². The smallest absolute Gasteiger partial charge is 0.286 e. The first-order valence-corrected chi connectivity index (χ1v) is 7.37. The van der Waals surface area contributed by atoms with Crippen molar-refractivity contribution >= 4 is 27.8 Å². The fourth-order valence-electron chi connectivity index (χ4n) is 1.90. The average Bonchev–Trinajstić information content (AvgIpc) is 2.46. The summed E-state index contributed by atoms with van der Waals surface area (Å²) in [6, 6.07) is 14.5. The highest BCUT2D eigenvalue weighted by atomic mass is 32.2. The van der Waals surface area contributed by atoms with Gasteiger partial charge in [0.2, 0.25) is 0 Å². The predicted octanol–water partition coefficient (Wildman–Crippen LogP) is 4.78. The third-order valence-corrected chi connectivity index (χ3v) is 4.53. The van der Waals surface area contributed by atoms with Gasteiger partial charge in [0.05, 0.1) is 0 Å². The van der Waals surface area contributed by atoms with Crippen LogP contribution in [0.25, 0.3) is 10.8 Å². The highest BCUT2D eigenvalue weighted by Crippen LogP contribution is 2.29. The highest BCUT2D eigenvalue weighted by molar-refractivity contribution is 8.13. The van der Waals surface area contributed by atoms with Crippen molar-refractivity contribution in [1.29, 1.82) is 0 Å². The number of carbonyl (C=O) groups excluding carboxylic acids is 1. The lowest BCUT2D eigenvalue weighted by Gasteiger charge is -2.23. The number of fused-ring (bicyclic) bond motifs is 1. The largest absolute Gasteiger partial charge is 0.334 e. The number of rotatable bonds is 3. The third-order valence-electron chi connectivity index (χ3n) is 3.49. The molecular formula is C16H19NOS. The second-order valence-electron chi connectivity index (χ2n) is 4.71. The Morgan fingerprint density at radius 1 is 1.21 bits per heavy atom. The van der Waals surface area contributed by atoms with Crippen molar-refractivity contribution < 1.29 is 4.79 Å². The minimum atomic E-state index is 0.103. The minimum Gasteiger partial charge on any atom is -0.334 e. The van der Waals surface area contributed by atoms with E-state index in [0.29, 0.717) is 0 Å². The summed E-state index contributed by atoms with van der Waals surface area (Å²) >= 11 is 1.31. The molecule has 2 rings (SSSR count). The van der Waals surface area contributed by atoms with E-state index in [9.17, 15) is 4.79 Å². The number of hydrogen-bond acceptors (Lipinski definition) is 2. The summed E-state index contributed by atoms with van der Waals surface area (Å²) < 4.78 is 0. The molecule has 2 nitrogen and oxygen atoms in total. The van der Waals surface area contributed by atoms with Crippen LogP contribution < -0.4 is 0 Å². The first-order valence-electron chi connectivity index (χ1n) is 6.56. The molecule has 0 spiro atoms. The van der Waals surface area contributed by atoms with Gasteiger partial charge in [-0.2, -0.15) is 0 Å². The minimum absolute atomic E-state index is 0.103. The molecule has 1 unspecified atom stereocenters. The molecule has 0 aromatic heterocycles. The number of thioether (sulfide) groups is 1. The summed E-state index contributed by atoms with van der Waals surface area (Å²) in [5, 5.41) is 2.41. The molecule has 0 aliphatic carbocycles. The van der Waals surface area contributed by atoms with Crippen LogP contribution in [0.3, 0.4) is 0 Å². The van der Waals surface area contributed by atoms with Gasteiger partial charge in [-0.3, -0.25) is 4.79 Å². The fraction of sp³-hybridized carbons (Fsp3) is 0.312. The van der Waals surface area contributed by atoms with Crippen molar-refractivity contribution in [2.75, 3.05) is 7.05 Å². The summed E-state index contributed by atoms with van der Waals surface area (Å²) in [5.74, 6) is 0. The van der Waals surface area contributed by atoms with E-state index in [2.05, 4.69) is 32.0 Å². The molecule has 0 fully saturated rings. The maximum atomic E-state index is 12.2. The normalized spacial score (nSPS) is 12.4. The second kappa shape index (κ2) is 6.11. The van der Waals surface area contributed by atoms with Crippen LogP contribution in [0, 0.1) is 0 Å². The van der Waals surface area contributed by atoms with Gasteiger partial charge in [-0.1, -0.05) is 43.3 Å². The van der Waals surface area contributed by atoms with Crippen LogP contribution in [0.15, 0.2) is 47.4 Å². The Labute approximate surface area is 118 Å². The van der Waals surface area contributed by atoms with Crippen molar-refractivity contribution in [3.8, 4) is 0 Å². The van der Waals surface area contributed by atoms with E-state index in [1.807, 2.05) is 36.2 Å². The van der Waals surface area contributed by atoms with E-state index in [-0.39, 0.29) is 11.3 Å². The maximum absolute atomic E-state index is 12.2. The summed E-state index contributed by atoms with van der Waals surface area (Å²) in [5.41, 5.74) is 0. The molecule has 0 aliphatic heterocycles. The average molecular weight is 273 g/mol. The molecule has 0 N–H and O–H groups in total. The molecule has 19 heavy (non-hydrogen) atoms. The first-order chi connectivity index (χ1) is 9.13. The SMILES string of the molecule is CCC(C)N(C)C(=O)Sc1cccc2ccccc12. The Morgan fingerprint density at radius 2 is 1.89 bits per heavy atom. The van der Waals surface area contributed by atoms with Crippen LogP contribution in [0.1, 0.15) is 20.3 Å². The van der Waals surface area contributed by atoms with Crippen LogP contribution in [0.5, 0.6) is 0 Å². The molecule has 0 saturated carbocycles. The number of benzene rings is 2. The topological polar surface area (TPSA) is 20.3 Å². The molecule has 0 heterocycles. The lowest BCUT2D eigenvalue weighted by molar-refractivity contribution is 0.218. The summed E-state index contributed by atoms with van der Waals surface area (Å²) in [6.45, 7) is 4.17. The Hall–Kier alpha value is -1.48. The number of hydrogen-bond donors (Lipinski definition) is 0. The quantitative estimate of drug-likeness (QED) is 0.750. The van der Waals surface area contributed by atoms with Crippen molar-refractivity contribution in [2.45, 2.75) is 31.2 Å². The standard InChI is InChI=1S/C16H19NOS/c1-4-12(2)17(3)16(18)19-15-11-7-9-13-8-5-6-10-14(13)15/h5-12H,4H2,1-3H3. The lowest BCUT2D eigenvalue weighted by Crippen LogP contribution is -2.31. The van der Waals surface area contributed by atoms with Gasteiger partial charge in [-0.25, -0.2) is 0 Å². The van der Waals surface area contributed by atoms with Gasteiger partial charge >= 0.3 is 0 Å². The molecule has 0 radical (unpaired) electrons. The van der Waals surface area contributed by atoms with Gasteiger partial charge in [0.15, 0.2) is 0 Å². The first kappa shape index (κ1) is 13.9. The van der Waals surface area contributed by atoms with Crippen LogP contribution in [0.2, 0.25) is 0 Å². The van der Waals surface area contributed by atoms with Crippen molar-refractivity contribution in [1.82, 2.24) is 4.90 Å². The zero-order valence-electron chi connectivity index (χ0n) is 11.6. The molecule has 0 aliphatic rings. The van der Waals surface area contributed by atoms with E-state index in [1.54, 1.807) is 0 Å². The molecule has 3 heteroatoms. The van der Waals surface area contributed by atoms with Crippen LogP contribution in [-0.4, -0.2) is 23.2 Å². The number of amides is 1. The highest BCUT2D eigenvalue weighted by Gasteiger charge is 2.16.